The van der Waals surface area contributed by atoms with Gasteiger partial charge in [0.15, 0.2) is 0 Å². The summed E-state index contributed by atoms with van der Waals surface area (Å²) in [7, 11) is 1.59. The minimum atomic E-state index is -0.0360. The van der Waals surface area contributed by atoms with Crippen LogP contribution in [0.3, 0.4) is 0 Å². The van der Waals surface area contributed by atoms with Crippen molar-refractivity contribution in [2.24, 2.45) is 0 Å². The summed E-state index contributed by atoms with van der Waals surface area (Å²) >= 11 is 0. The number of hydrogen-bond donors (Lipinski definition) is 3. The Kier molecular flexibility index (Phi) is 4.44. The zero-order valence-corrected chi connectivity index (χ0v) is 9.54. The summed E-state index contributed by atoms with van der Waals surface area (Å²) in [5.74, 6) is 0.661. The normalized spacial score (nSPS) is 9.62. The number of methoxy groups -OCH3 is 1. The van der Waals surface area contributed by atoms with Crippen LogP contribution in [0.15, 0.2) is 18.2 Å². The highest BCUT2D eigenvalue weighted by molar-refractivity contribution is 5.72. The van der Waals surface area contributed by atoms with Gasteiger partial charge >= 0.3 is 0 Å². The molecule has 5 heteroatoms. The summed E-state index contributed by atoms with van der Waals surface area (Å²) in [6, 6.07) is 5.39. The van der Waals surface area contributed by atoms with Crippen molar-refractivity contribution in [3.05, 3.63) is 18.2 Å². The van der Waals surface area contributed by atoms with Gasteiger partial charge in [-0.15, -0.1) is 0 Å². The first-order chi connectivity index (χ1) is 7.63. The van der Waals surface area contributed by atoms with E-state index in [1.165, 1.54) is 6.92 Å². The van der Waals surface area contributed by atoms with E-state index >= 15 is 0 Å². The first-order valence-electron chi connectivity index (χ1n) is 5.05. The molecule has 5 nitrogen and oxygen atoms in total. The number of carbonyl (C=O) groups excluding carboxylic acids is 1. The molecular formula is C11H17N3O2. The van der Waals surface area contributed by atoms with E-state index in [2.05, 4.69) is 10.6 Å². The van der Waals surface area contributed by atoms with Crippen LogP contribution in [0.4, 0.5) is 11.4 Å². The van der Waals surface area contributed by atoms with Crippen molar-refractivity contribution in [3.8, 4) is 5.75 Å². The van der Waals surface area contributed by atoms with Gasteiger partial charge in [0.25, 0.3) is 0 Å². The molecule has 0 aliphatic heterocycles. The number of rotatable bonds is 5. The van der Waals surface area contributed by atoms with Crippen LogP contribution < -0.4 is 21.1 Å². The molecule has 0 aromatic heterocycles. The number of ether oxygens (including phenoxy) is 1. The van der Waals surface area contributed by atoms with Gasteiger partial charge in [0, 0.05) is 31.8 Å². The van der Waals surface area contributed by atoms with Crippen LogP contribution >= 0.6 is 0 Å². The largest absolute Gasteiger partial charge is 0.495 e. The number of amides is 1. The van der Waals surface area contributed by atoms with Crippen LogP contribution in [-0.4, -0.2) is 26.1 Å². The number of benzene rings is 1. The van der Waals surface area contributed by atoms with E-state index in [1.807, 2.05) is 6.07 Å². The lowest BCUT2D eigenvalue weighted by molar-refractivity contribution is -0.118. The van der Waals surface area contributed by atoms with Gasteiger partial charge in [-0.1, -0.05) is 0 Å². The van der Waals surface area contributed by atoms with Crippen LogP contribution in [0.1, 0.15) is 6.92 Å². The van der Waals surface area contributed by atoms with Crippen LogP contribution in [0.5, 0.6) is 5.75 Å². The second kappa shape index (κ2) is 5.85. The van der Waals surface area contributed by atoms with Crippen LogP contribution in [-0.2, 0) is 4.79 Å². The van der Waals surface area contributed by atoms with E-state index in [4.69, 9.17) is 10.5 Å². The third-order valence-corrected chi connectivity index (χ3v) is 2.04. The Morgan fingerprint density at radius 2 is 2.19 bits per heavy atom. The third kappa shape index (κ3) is 3.68. The van der Waals surface area contributed by atoms with Gasteiger partial charge in [0.2, 0.25) is 5.91 Å². The van der Waals surface area contributed by atoms with Crippen LogP contribution in [0.2, 0.25) is 0 Å². The first kappa shape index (κ1) is 12.2. The standard InChI is InChI=1S/C11H17N3O2/c1-8(15)13-5-6-14-10-4-3-9(12)7-11(10)16-2/h3-4,7,14H,5-6,12H2,1-2H3,(H,13,15). The number of carbonyl (C=O) groups is 1. The minimum absolute atomic E-state index is 0.0360. The van der Waals surface area contributed by atoms with E-state index in [0.29, 0.717) is 24.5 Å². The maximum Gasteiger partial charge on any atom is 0.216 e. The summed E-state index contributed by atoms with van der Waals surface area (Å²) in [6.07, 6.45) is 0. The Hall–Kier alpha value is -1.91. The average molecular weight is 223 g/mol. The van der Waals surface area contributed by atoms with E-state index in [0.717, 1.165) is 5.69 Å². The van der Waals surface area contributed by atoms with Crippen molar-refractivity contribution >= 4 is 17.3 Å². The fourth-order valence-electron chi connectivity index (χ4n) is 1.29. The van der Waals surface area contributed by atoms with Crippen molar-refractivity contribution in [3.63, 3.8) is 0 Å². The van der Waals surface area contributed by atoms with Crippen molar-refractivity contribution in [1.29, 1.82) is 0 Å². The van der Waals surface area contributed by atoms with Gasteiger partial charge in [0.1, 0.15) is 5.75 Å². The molecule has 1 aromatic rings. The van der Waals surface area contributed by atoms with Gasteiger partial charge < -0.3 is 21.1 Å². The molecule has 0 fully saturated rings. The second-order valence-electron chi connectivity index (χ2n) is 3.37. The summed E-state index contributed by atoms with van der Waals surface area (Å²) in [5, 5.41) is 5.85. The zero-order valence-electron chi connectivity index (χ0n) is 9.54. The topological polar surface area (TPSA) is 76.4 Å². The number of nitrogens with two attached hydrogens (primary N) is 1. The van der Waals surface area contributed by atoms with Crippen LogP contribution in [0, 0.1) is 0 Å². The molecule has 1 aromatic carbocycles. The van der Waals surface area contributed by atoms with Gasteiger partial charge in [-0.2, -0.15) is 0 Å². The summed E-state index contributed by atoms with van der Waals surface area (Å²) in [5.41, 5.74) is 7.15. The minimum Gasteiger partial charge on any atom is -0.495 e. The second-order valence-corrected chi connectivity index (χ2v) is 3.37. The number of nitrogen functional groups attached to an aromatic ring is 1. The Morgan fingerprint density at radius 1 is 1.44 bits per heavy atom. The predicted octanol–water partition coefficient (Wildman–Crippen LogP) is 0.825. The summed E-state index contributed by atoms with van der Waals surface area (Å²) in [6.45, 7) is 2.70. The quantitative estimate of drug-likeness (QED) is 0.510. The molecule has 0 unspecified atom stereocenters. The Balaban J connectivity index is 2.50. The molecule has 16 heavy (non-hydrogen) atoms. The van der Waals surface area contributed by atoms with Crippen molar-refractivity contribution in [2.75, 3.05) is 31.2 Å². The van der Waals surface area contributed by atoms with Crippen LogP contribution in [0.25, 0.3) is 0 Å². The monoisotopic (exact) mass is 223 g/mol. The molecule has 0 spiro atoms. The highest BCUT2D eigenvalue weighted by atomic mass is 16.5. The molecule has 0 radical (unpaired) electrons. The molecule has 0 atom stereocenters. The molecule has 0 heterocycles. The smallest absolute Gasteiger partial charge is 0.216 e. The molecule has 4 N–H and O–H groups in total. The lowest BCUT2D eigenvalue weighted by Crippen LogP contribution is -2.26. The maximum absolute atomic E-state index is 10.6. The van der Waals surface area contributed by atoms with Gasteiger partial charge in [0.05, 0.1) is 12.8 Å². The fourth-order valence-corrected chi connectivity index (χ4v) is 1.29. The number of hydrogen-bond acceptors (Lipinski definition) is 4. The number of nitrogens with one attached hydrogen (secondary N) is 2. The number of anilines is 2. The molecule has 88 valence electrons. The Morgan fingerprint density at radius 3 is 2.81 bits per heavy atom. The van der Waals surface area contributed by atoms with Gasteiger partial charge in [-0.05, 0) is 12.1 Å². The molecule has 1 amide bonds. The molecular weight excluding hydrogens is 206 g/mol. The molecule has 0 saturated heterocycles. The van der Waals surface area contributed by atoms with Crippen molar-refractivity contribution in [2.45, 2.75) is 6.92 Å². The van der Waals surface area contributed by atoms with E-state index in [-0.39, 0.29) is 5.91 Å². The predicted molar refractivity (Wildman–Crippen MR) is 64.6 cm³/mol. The Labute approximate surface area is 95.0 Å². The van der Waals surface area contributed by atoms with Gasteiger partial charge in [-0.3, -0.25) is 4.79 Å². The lowest BCUT2D eigenvalue weighted by atomic mass is 10.2. The lowest BCUT2D eigenvalue weighted by Gasteiger charge is -2.11. The SMILES string of the molecule is COc1cc(N)ccc1NCCNC(C)=O. The summed E-state index contributed by atoms with van der Waals surface area (Å²) in [4.78, 5) is 10.6. The van der Waals surface area contributed by atoms with Crippen molar-refractivity contribution < 1.29 is 9.53 Å². The summed E-state index contributed by atoms with van der Waals surface area (Å²) < 4.78 is 5.17. The average Bonchev–Trinajstić information content (AvgIpc) is 2.25. The molecule has 1 rings (SSSR count). The highest BCUT2D eigenvalue weighted by Gasteiger charge is 2.02. The molecule has 0 saturated carbocycles. The highest BCUT2D eigenvalue weighted by Crippen LogP contribution is 2.26. The van der Waals surface area contributed by atoms with Crippen molar-refractivity contribution in [1.82, 2.24) is 5.32 Å². The van der Waals surface area contributed by atoms with E-state index < -0.39 is 0 Å². The van der Waals surface area contributed by atoms with Gasteiger partial charge in [-0.25, -0.2) is 0 Å². The molecule has 0 bridgehead atoms. The van der Waals surface area contributed by atoms with E-state index in [1.54, 1.807) is 19.2 Å². The first-order valence-corrected chi connectivity index (χ1v) is 5.05. The molecule has 0 aliphatic carbocycles. The molecule has 0 aliphatic rings. The third-order valence-electron chi connectivity index (χ3n) is 2.04. The maximum atomic E-state index is 10.6. The Bertz CT molecular complexity index is 366. The fraction of sp³-hybridized carbons (Fsp3) is 0.364. The van der Waals surface area contributed by atoms with E-state index in [9.17, 15) is 4.79 Å². The zero-order chi connectivity index (χ0) is 12.0.